The number of hydrogen-bond acceptors (Lipinski definition) is 3. The van der Waals surface area contributed by atoms with E-state index in [1.54, 1.807) is 32.9 Å². The lowest BCUT2D eigenvalue weighted by Gasteiger charge is -2.33. The van der Waals surface area contributed by atoms with Crippen molar-refractivity contribution >= 4 is 17.7 Å². The van der Waals surface area contributed by atoms with Gasteiger partial charge in [0.2, 0.25) is 11.8 Å². The number of benzene rings is 1. The Hall–Kier alpha value is -2.25. The van der Waals surface area contributed by atoms with E-state index in [4.69, 9.17) is 4.74 Å². The third-order valence-corrected chi connectivity index (χ3v) is 5.23. The molecule has 1 fully saturated rings. The van der Waals surface area contributed by atoms with Crippen LogP contribution in [0, 0.1) is 11.7 Å². The van der Waals surface area contributed by atoms with Crippen LogP contribution in [-0.2, 0) is 14.9 Å². The Bertz CT molecular complexity index is 803. The van der Waals surface area contributed by atoms with Crippen molar-refractivity contribution < 1.29 is 27.5 Å². The molecule has 0 heterocycles. The molecular weight excluding hydrogens is 409 g/mol. The second kappa shape index (κ2) is 9.09. The molecule has 2 rings (SSSR count). The standard InChI is InChI=1S/C23H33F3N2O3/c1-21(2,3)16-8-7-15(13-17(16)24)27-19(29)18(28-20(30)31-22(4,5)6)14-9-11-23(25,26)12-10-14/h7-8,13-14,18H,9-12H2,1-6H3,(H,27,29)(H,28,30). The summed E-state index contributed by atoms with van der Waals surface area (Å²) in [4.78, 5) is 25.3. The summed E-state index contributed by atoms with van der Waals surface area (Å²) >= 11 is 0. The third-order valence-electron chi connectivity index (χ3n) is 5.23. The van der Waals surface area contributed by atoms with Crippen LogP contribution in [-0.4, -0.2) is 29.6 Å². The van der Waals surface area contributed by atoms with Crippen molar-refractivity contribution in [1.82, 2.24) is 5.32 Å². The summed E-state index contributed by atoms with van der Waals surface area (Å²) in [6.45, 7) is 10.7. The van der Waals surface area contributed by atoms with E-state index in [0.717, 1.165) is 0 Å². The predicted molar refractivity (Wildman–Crippen MR) is 114 cm³/mol. The van der Waals surface area contributed by atoms with Crippen LogP contribution in [0.25, 0.3) is 0 Å². The van der Waals surface area contributed by atoms with Crippen LogP contribution < -0.4 is 10.6 Å². The minimum Gasteiger partial charge on any atom is -0.444 e. The van der Waals surface area contributed by atoms with E-state index in [2.05, 4.69) is 10.6 Å². The van der Waals surface area contributed by atoms with Crippen LogP contribution in [0.3, 0.4) is 0 Å². The van der Waals surface area contributed by atoms with Crippen LogP contribution in [0.2, 0.25) is 0 Å². The predicted octanol–water partition coefficient (Wildman–Crippen LogP) is 5.78. The van der Waals surface area contributed by atoms with Crippen LogP contribution in [0.4, 0.5) is 23.7 Å². The van der Waals surface area contributed by atoms with Gasteiger partial charge < -0.3 is 15.4 Å². The van der Waals surface area contributed by atoms with E-state index in [1.807, 2.05) is 20.8 Å². The van der Waals surface area contributed by atoms with Gasteiger partial charge in [0, 0.05) is 18.5 Å². The average Bonchev–Trinajstić information content (AvgIpc) is 2.57. The summed E-state index contributed by atoms with van der Waals surface area (Å²) in [5.74, 6) is -4.30. The first-order valence-corrected chi connectivity index (χ1v) is 10.6. The zero-order valence-electron chi connectivity index (χ0n) is 19.1. The number of alkyl halides is 2. The van der Waals surface area contributed by atoms with E-state index in [-0.39, 0.29) is 31.4 Å². The Balaban J connectivity index is 2.19. The normalized spacial score (nSPS) is 18.2. The molecule has 0 saturated heterocycles. The number of carbonyl (C=O) groups is 2. The van der Waals surface area contributed by atoms with Crippen molar-refractivity contribution in [3.05, 3.63) is 29.6 Å². The van der Waals surface area contributed by atoms with Gasteiger partial charge in [-0.1, -0.05) is 26.8 Å². The van der Waals surface area contributed by atoms with Gasteiger partial charge in [-0.25, -0.2) is 18.0 Å². The molecule has 1 aromatic carbocycles. The fourth-order valence-electron chi connectivity index (χ4n) is 3.65. The summed E-state index contributed by atoms with van der Waals surface area (Å²) in [5.41, 5.74) is -0.451. The topological polar surface area (TPSA) is 67.4 Å². The van der Waals surface area contributed by atoms with Crippen molar-refractivity contribution in [1.29, 1.82) is 0 Å². The zero-order chi connectivity index (χ0) is 23.6. The zero-order valence-corrected chi connectivity index (χ0v) is 19.1. The Morgan fingerprint density at radius 1 is 1.10 bits per heavy atom. The molecule has 5 nitrogen and oxygen atoms in total. The van der Waals surface area contributed by atoms with Gasteiger partial charge in [0.05, 0.1) is 0 Å². The highest BCUT2D eigenvalue weighted by Gasteiger charge is 2.40. The van der Waals surface area contributed by atoms with E-state index >= 15 is 0 Å². The first-order valence-electron chi connectivity index (χ1n) is 10.6. The largest absolute Gasteiger partial charge is 0.444 e. The second-order valence-corrected chi connectivity index (χ2v) is 10.3. The molecule has 1 saturated carbocycles. The Morgan fingerprint density at radius 2 is 1.68 bits per heavy atom. The summed E-state index contributed by atoms with van der Waals surface area (Å²) in [6.07, 6.45) is -1.35. The van der Waals surface area contributed by atoms with Crippen molar-refractivity contribution in [2.24, 2.45) is 5.92 Å². The molecule has 2 N–H and O–H groups in total. The van der Waals surface area contributed by atoms with E-state index in [1.165, 1.54) is 6.07 Å². The number of rotatable bonds is 4. The lowest BCUT2D eigenvalue weighted by molar-refractivity contribution is -0.121. The highest BCUT2D eigenvalue weighted by Crippen LogP contribution is 2.38. The number of alkyl carbamates (subject to hydrolysis) is 1. The fourth-order valence-corrected chi connectivity index (χ4v) is 3.65. The van der Waals surface area contributed by atoms with Crippen molar-refractivity contribution in [3.8, 4) is 0 Å². The Morgan fingerprint density at radius 3 is 2.16 bits per heavy atom. The lowest BCUT2D eigenvalue weighted by atomic mass is 9.81. The molecule has 0 spiro atoms. The summed E-state index contributed by atoms with van der Waals surface area (Å²) < 4.78 is 46.9. The first-order chi connectivity index (χ1) is 14.1. The molecule has 2 amide bonds. The van der Waals surface area contributed by atoms with Crippen LogP contribution in [0.5, 0.6) is 0 Å². The van der Waals surface area contributed by atoms with Crippen molar-refractivity contribution in [3.63, 3.8) is 0 Å². The van der Waals surface area contributed by atoms with Gasteiger partial charge in [-0.3, -0.25) is 4.79 Å². The molecule has 1 aliphatic carbocycles. The molecular formula is C23H33F3N2O3. The Kier molecular flexibility index (Phi) is 7.33. The molecule has 1 atom stereocenters. The molecule has 174 valence electrons. The molecule has 8 heteroatoms. The number of ether oxygens (including phenoxy) is 1. The highest BCUT2D eigenvalue weighted by molar-refractivity contribution is 5.96. The van der Waals surface area contributed by atoms with Crippen molar-refractivity contribution in [2.75, 3.05) is 5.32 Å². The number of amides is 2. The van der Waals surface area contributed by atoms with Gasteiger partial charge in [-0.15, -0.1) is 0 Å². The van der Waals surface area contributed by atoms with Crippen LogP contribution in [0.1, 0.15) is 72.8 Å². The average molecular weight is 443 g/mol. The molecule has 31 heavy (non-hydrogen) atoms. The molecule has 0 bridgehead atoms. The van der Waals surface area contributed by atoms with Gasteiger partial charge in [-0.05, 0) is 62.6 Å². The monoisotopic (exact) mass is 442 g/mol. The van der Waals surface area contributed by atoms with E-state index in [9.17, 15) is 22.8 Å². The number of halogens is 3. The molecule has 1 unspecified atom stereocenters. The molecule has 1 aromatic rings. The number of hydrogen-bond donors (Lipinski definition) is 2. The molecule has 0 radical (unpaired) electrons. The van der Waals surface area contributed by atoms with Crippen LogP contribution in [0.15, 0.2) is 18.2 Å². The van der Waals surface area contributed by atoms with Gasteiger partial charge >= 0.3 is 6.09 Å². The lowest BCUT2D eigenvalue weighted by Crippen LogP contribution is -2.51. The van der Waals surface area contributed by atoms with E-state index < -0.39 is 46.7 Å². The summed E-state index contributed by atoms with van der Waals surface area (Å²) in [7, 11) is 0. The first kappa shape index (κ1) is 25.0. The maximum Gasteiger partial charge on any atom is 0.408 e. The van der Waals surface area contributed by atoms with Gasteiger partial charge in [-0.2, -0.15) is 0 Å². The van der Waals surface area contributed by atoms with Gasteiger partial charge in [0.25, 0.3) is 0 Å². The molecule has 0 aliphatic heterocycles. The van der Waals surface area contributed by atoms with E-state index in [0.29, 0.717) is 5.56 Å². The van der Waals surface area contributed by atoms with Gasteiger partial charge in [0.15, 0.2) is 0 Å². The minimum atomic E-state index is -2.77. The highest BCUT2D eigenvalue weighted by atomic mass is 19.3. The fraction of sp³-hybridized carbons (Fsp3) is 0.652. The Labute approximate surface area is 182 Å². The molecule has 1 aliphatic rings. The maximum absolute atomic E-state index is 14.5. The SMILES string of the molecule is CC(C)(C)OC(=O)NC(C(=O)Nc1ccc(C(C)(C)C)c(F)c1)C1CCC(F)(F)CC1. The summed E-state index contributed by atoms with van der Waals surface area (Å²) in [6, 6.07) is 3.33. The number of carbonyl (C=O) groups excluding carboxylic acids is 2. The van der Waals surface area contributed by atoms with Crippen molar-refractivity contribution in [2.45, 2.75) is 90.2 Å². The summed E-state index contributed by atoms with van der Waals surface area (Å²) in [5, 5.41) is 5.14. The smallest absolute Gasteiger partial charge is 0.408 e. The quantitative estimate of drug-likeness (QED) is 0.621. The number of nitrogens with one attached hydrogen (secondary N) is 2. The third kappa shape index (κ3) is 7.43. The second-order valence-electron chi connectivity index (χ2n) is 10.3. The van der Waals surface area contributed by atoms with Crippen LogP contribution >= 0.6 is 0 Å². The maximum atomic E-state index is 14.5. The molecule has 0 aromatic heterocycles. The minimum absolute atomic E-state index is 0.0816. The van der Waals surface area contributed by atoms with Gasteiger partial charge in [0.1, 0.15) is 17.5 Å². The number of anilines is 1.